The van der Waals surface area contributed by atoms with Gasteiger partial charge >= 0.3 is 0 Å². The first-order valence-corrected chi connectivity index (χ1v) is 8.37. The number of nitrogens with one attached hydrogen (secondary N) is 1. The maximum absolute atomic E-state index is 13.7. The fraction of sp³-hybridized carbons (Fsp3) is 0.500. The Hall–Kier alpha value is -0.700. The predicted molar refractivity (Wildman–Crippen MR) is 76.9 cm³/mol. The summed E-state index contributed by atoms with van der Waals surface area (Å²) in [5.41, 5.74) is 0. The number of methoxy groups -OCH3 is 1. The van der Waals surface area contributed by atoms with Crippen molar-refractivity contribution < 1.29 is 17.5 Å². The molecule has 1 unspecified atom stereocenters. The number of benzene rings is 1. The fourth-order valence-electron chi connectivity index (χ4n) is 2.18. The predicted octanol–water partition coefficient (Wildman–Crippen LogP) is 1.58. The molecule has 1 aliphatic heterocycles. The minimum Gasteiger partial charge on any atom is -0.495 e. The van der Waals surface area contributed by atoms with Crippen LogP contribution in [0.25, 0.3) is 0 Å². The van der Waals surface area contributed by atoms with Crippen molar-refractivity contribution in [2.45, 2.75) is 17.9 Å². The molecule has 0 radical (unpaired) electrons. The Kier molecular flexibility index (Phi) is 4.68. The van der Waals surface area contributed by atoms with Gasteiger partial charge in [0, 0.05) is 25.7 Å². The highest BCUT2D eigenvalue weighted by molar-refractivity contribution is 9.10. The van der Waals surface area contributed by atoms with Gasteiger partial charge in [-0.15, -0.1) is 0 Å². The number of ether oxygens (including phenoxy) is 1. The van der Waals surface area contributed by atoms with Gasteiger partial charge in [0.15, 0.2) is 0 Å². The van der Waals surface area contributed by atoms with Crippen LogP contribution in [0.5, 0.6) is 5.75 Å². The molecule has 5 nitrogen and oxygen atoms in total. The largest absolute Gasteiger partial charge is 0.495 e. The fourth-order valence-corrected chi connectivity index (χ4v) is 4.28. The molecular formula is C12H16BrFN2O3S. The van der Waals surface area contributed by atoms with Crippen LogP contribution < -0.4 is 10.1 Å². The van der Waals surface area contributed by atoms with Crippen LogP contribution in [0.1, 0.15) is 6.92 Å². The van der Waals surface area contributed by atoms with Crippen LogP contribution in [0.15, 0.2) is 21.5 Å². The minimum absolute atomic E-state index is 0.129. The third kappa shape index (κ3) is 2.83. The molecule has 1 aromatic rings. The zero-order valence-corrected chi connectivity index (χ0v) is 13.6. The Morgan fingerprint density at radius 3 is 2.80 bits per heavy atom. The standard InChI is InChI=1S/C12H16BrFN2O3S/c1-8-7-15-3-4-16(8)20(17,18)12-6-10(14)9(13)5-11(12)19-2/h5-6,8,15H,3-4,7H2,1-2H3. The second kappa shape index (κ2) is 5.97. The number of piperazine rings is 1. The van der Waals surface area contributed by atoms with E-state index in [4.69, 9.17) is 4.74 Å². The van der Waals surface area contributed by atoms with Gasteiger partial charge in [0.1, 0.15) is 16.5 Å². The lowest BCUT2D eigenvalue weighted by atomic mass is 10.3. The van der Waals surface area contributed by atoms with Crippen molar-refractivity contribution >= 4 is 26.0 Å². The van der Waals surface area contributed by atoms with Crippen molar-refractivity contribution in [3.8, 4) is 5.75 Å². The molecule has 0 aromatic heterocycles. The van der Waals surface area contributed by atoms with Crippen LogP contribution in [0.2, 0.25) is 0 Å². The van der Waals surface area contributed by atoms with E-state index >= 15 is 0 Å². The molecule has 112 valence electrons. The van der Waals surface area contributed by atoms with Crippen molar-refractivity contribution in [2.24, 2.45) is 0 Å². The molecule has 0 amide bonds. The lowest BCUT2D eigenvalue weighted by Crippen LogP contribution is -2.52. The average molecular weight is 367 g/mol. The van der Waals surface area contributed by atoms with Gasteiger partial charge in [-0.1, -0.05) is 0 Å². The Morgan fingerprint density at radius 2 is 2.20 bits per heavy atom. The summed E-state index contributed by atoms with van der Waals surface area (Å²) in [4.78, 5) is -0.144. The summed E-state index contributed by atoms with van der Waals surface area (Å²) in [7, 11) is -2.42. The lowest BCUT2D eigenvalue weighted by molar-refractivity contribution is 0.282. The van der Waals surface area contributed by atoms with Crippen molar-refractivity contribution in [2.75, 3.05) is 26.7 Å². The number of halogens is 2. The Balaban J connectivity index is 2.51. The number of nitrogens with zero attached hydrogens (tertiary/aromatic N) is 1. The van der Waals surface area contributed by atoms with Gasteiger partial charge in [0.05, 0.1) is 11.6 Å². The van der Waals surface area contributed by atoms with E-state index in [1.54, 1.807) is 0 Å². The van der Waals surface area contributed by atoms with Crippen molar-refractivity contribution in [1.29, 1.82) is 0 Å². The van der Waals surface area contributed by atoms with E-state index in [-0.39, 0.29) is 21.2 Å². The van der Waals surface area contributed by atoms with Crippen LogP contribution in [0.4, 0.5) is 4.39 Å². The average Bonchev–Trinajstić information content (AvgIpc) is 2.41. The summed E-state index contributed by atoms with van der Waals surface area (Å²) in [5.74, 6) is -0.504. The summed E-state index contributed by atoms with van der Waals surface area (Å²) >= 11 is 3.02. The molecule has 1 atom stereocenters. The van der Waals surface area contributed by atoms with E-state index in [1.165, 1.54) is 17.5 Å². The van der Waals surface area contributed by atoms with E-state index in [2.05, 4.69) is 21.2 Å². The van der Waals surface area contributed by atoms with Crippen molar-refractivity contribution in [3.05, 3.63) is 22.4 Å². The van der Waals surface area contributed by atoms with Gasteiger partial charge in [-0.2, -0.15) is 4.31 Å². The molecule has 0 bridgehead atoms. The van der Waals surface area contributed by atoms with Crippen LogP contribution >= 0.6 is 15.9 Å². The molecule has 1 aromatic carbocycles. The molecule has 1 fully saturated rings. The second-order valence-corrected chi connectivity index (χ2v) is 7.30. The zero-order valence-electron chi connectivity index (χ0n) is 11.2. The molecule has 1 aliphatic rings. The monoisotopic (exact) mass is 366 g/mol. The highest BCUT2D eigenvalue weighted by Gasteiger charge is 2.33. The molecule has 1 N–H and O–H groups in total. The maximum atomic E-state index is 13.7. The number of hydrogen-bond acceptors (Lipinski definition) is 4. The first-order chi connectivity index (χ1) is 9.37. The normalized spacial score (nSPS) is 20.9. The van der Waals surface area contributed by atoms with Gasteiger partial charge in [-0.25, -0.2) is 12.8 Å². The SMILES string of the molecule is COc1cc(Br)c(F)cc1S(=O)(=O)N1CCNCC1C. The highest BCUT2D eigenvalue weighted by Crippen LogP contribution is 2.32. The van der Waals surface area contributed by atoms with Crippen molar-refractivity contribution in [1.82, 2.24) is 9.62 Å². The number of rotatable bonds is 3. The summed E-state index contributed by atoms with van der Waals surface area (Å²) in [6, 6.07) is 2.13. The lowest BCUT2D eigenvalue weighted by Gasteiger charge is -2.33. The highest BCUT2D eigenvalue weighted by atomic mass is 79.9. The summed E-state index contributed by atoms with van der Waals surface area (Å²) < 4.78 is 45.7. The van der Waals surface area contributed by atoms with Crippen LogP contribution in [0.3, 0.4) is 0 Å². The molecule has 0 saturated carbocycles. The smallest absolute Gasteiger partial charge is 0.247 e. The molecule has 0 aliphatic carbocycles. The summed E-state index contributed by atoms with van der Waals surface area (Å²) in [6.07, 6.45) is 0. The Bertz CT molecular complexity index is 609. The minimum atomic E-state index is -3.79. The second-order valence-electron chi connectivity index (χ2n) is 4.59. The third-order valence-electron chi connectivity index (χ3n) is 3.23. The molecule has 1 heterocycles. The zero-order chi connectivity index (χ0) is 14.9. The van der Waals surface area contributed by atoms with Gasteiger partial charge in [0.25, 0.3) is 0 Å². The van der Waals surface area contributed by atoms with E-state index in [0.717, 1.165) is 6.07 Å². The summed E-state index contributed by atoms with van der Waals surface area (Å²) in [6.45, 7) is 3.31. The molecular weight excluding hydrogens is 351 g/mol. The van der Waals surface area contributed by atoms with Crippen LogP contribution in [0, 0.1) is 5.82 Å². The van der Waals surface area contributed by atoms with E-state index in [9.17, 15) is 12.8 Å². The molecule has 2 rings (SSSR count). The van der Waals surface area contributed by atoms with Gasteiger partial charge in [-0.05, 0) is 35.0 Å². The van der Waals surface area contributed by atoms with Gasteiger partial charge < -0.3 is 10.1 Å². The van der Waals surface area contributed by atoms with Gasteiger partial charge in [-0.3, -0.25) is 0 Å². The van der Waals surface area contributed by atoms with Crippen LogP contribution in [-0.2, 0) is 10.0 Å². The third-order valence-corrected chi connectivity index (χ3v) is 5.88. The Morgan fingerprint density at radius 1 is 1.50 bits per heavy atom. The maximum Gasteiger partial charge on any atom is 0.247 e. The molecule has 8 heteroatoms. The van der Waals surface area contributed by atoms with Gasteiger partial charge in [0.2, 0.25) is 10.0 Å². The van der Waals surface area contributed by atoms with Crippen LogP contribution in [-0.4, -0.2) is 45.5 Å². The van der Waals surface area contributed by atoms with Crippen molar-refractivity contribution in [3.63, 3.8) is 0 Å². The molecule has 0 spiro atoms. The summed E-state index contributed by atoms with van der Waals surface area (Å²) in [5, 5.41) is 3.12. The first kappa shape index (κ1) is 15.7. The Labute approximate surface area is 126 Å². The number of hydrogen-bond donors (Lipinski definition) is 1. The number of sulfonamides is 1. The van der Waals surface area contributed by atoms with E-state index < -0.39 is 15.8 Å². The molecule has 1 saturated heterocycles. The topological polar surface area (TPSA) is 58.6 Å². The first-order valence-electron chi connectivity index (χ1n) is 6.13. The molecule has 20 heavy (non-hydrogen) atoms. The van der Waals surface area contributed by atoms with E-state index in [0.29, 0.717) is 19.6 Å². The quantitative estimate of drug-likeness (QED) is 0.882. The van der Waals surface area contributed by atoms with E-state index in [1.807, 2.05) is 6.92 Å².